The fourth-order valence-electron chi connectivity index (χ4n) is 2.65. The number of aromatic amines is 1. The van der Waals surface area contributed by atoms with Crippen LogP contribution in [0.4, 0.5) is 0 Å². The molecule has 4 aromatic heterocycles. The van der Waals surface area contributed by atoms with Crippen LogP contribution >= 0.6 is 0 Å². The number of fused-ring (bicyclic) bond motifs is 2. The van der Waals surface area contributed by atoms with E-state index in [1.54, 1.807) is 7.11 Å². The molecule has 0 amide bonds. The fourth-order valence-corrected chi connectivity index (χ4v) is 2.65. The van der Waals surface area contributed by atoms with Crippen LogP contribution in [-0.2, 0) is 0 Å². The molecule has 0 fully saturated rings. The predicted molar refractivity (Wildman–Crippen MR) is 81.9 cm³/mol. The summed E-state index contributed by atoms with van der Waals surface area (Å²) in [7, 11) is 1.62. The Hall–Kier alpha value is -2.96. The number of rotatable bonds is 2. The second-order valence-corrected chi connectivity index (χ2v) is 5.10. The quantitative estimate of drug-likeness (QED) is 0.613. The summed E-state index contributed by atoms with van der Waals surface area (Å²) in [5.74, 6) is 2.08. The maximum atomic E-state index is 5.42. The monoisotopic (exact) mass is 294 g/mol. The number of ether oxygens (including phenoxy) is 1. The molecular formula is C15H14N6O. The summed E-state index contributed by atoms with van der Waals surface area (Å²) in [6.07, 6.45) is 3.93. The summed E-state index contributed by atoms with van der Waals surface area (Å²) in [6.45, 7) is 3.76. The van der Waals surface area contributed by atoms with Gasteiger partial charge >= 0.3 is 0 Å². The molecule has 0 aromatic carbocycles. The molecule has 0 radical (unpaired) electrons. The van der Waals surface area contributed by atoms with E-state index in [9.17, 15) is 0 Å². The highest BCUT2D eigenvalue weighted by Gasteiger charge is 2.15. The largest absolute Gasteiger partial charge is 0.480 e. The van der Waals surface area contributed by atoms with Crippen molar-refractivity contribution < 1.29 is 4.74 Å². The lowest BCUT2D eigenvalue weighted by atomic mass is 10.1. The van der Waals surface area contributed by atoms with Crippen LogP contribution in [0, 0.1) is 13.8 Å². The maximum absolute atomic E-state index is 5.42. The lowest BCUT2D eigenvalue weighted by Crippen LogP contribution is -1.95. The van der Waals surface area contributed by atoms with Crippen molar-refractivity contribution in [1.29, 1.82) is 0 Å². The van der Waals surface area contributed by atoms with Crippen molar-refractivity contribution in [2.75, 3.05) is 7.11 Å². The molecule has 0 bridgehead atoms. The smallest absolute Gasteiger partial charge is 0.226 e. The number of hydrogen-bond acceptors (Lipinski definition) is 5. The molecule has 7 heteroatoms. The Morgan fingerprint density at radius 1 is 1.14 bits per heavy atom. The second-order valence-electron chi connectivity index (χ2n) is 5.10. The second kappa shape index (κ2) is 4.52. The lowest BCUT2D eigenvalue weighted by Gasteiger charge is -2.05. The molecule has 7 nitrogen and oxygen atoms in total. The normalized spacial score (nSPS) is 11.4. The first kappa shape index (κ1) is 12.8. The number of aromatic nitrogens is 6. The molecule has 0 unspecified atom stereocenters. The van der Waals surface area contributed by atoms with E-state index in [0.29, 0.717) is 11.7 Å². The average molecular weight is 294 g/mol. The van der Waals surface area contributed by atoms with Crippen LogP contribution in [0.1, 0.15) is 11.6 Å². The minimum absolute atomic E-state index is 0.569. The Bertz CT molecular complexity index is 1000. The summed E-state index contributed by atoms with van der Waals surface area (Å²) in [6, 6.07) is 3.95. The Labute approximate surface area is 126 Å². The van der Waals surface area contributed by atoms with Gasteiger partial charge in [-0.05, 0) is 26.0 Å². The molecule has 0 spiro atoms. The maximum Gasteiger partial charge on any atom is 0.226 e. The minimum atomic E-state index is 0.569. The highest BCUT2D eigenvalue weighted by Crippen LogP contribution is 2.33. The van der Waals surface area contributed by atoms with Crippen LogP contribution in [0.25, 0.3) is 27.8 Å². The van der Waals surface area contributed by atoms with Gasteiger partial charge in [0.25, 0.3) is 0 Å². The topological polar surface area (TPSA) is 81.0 Å². The average Bonchev–Trinajstić information content (AvgIpc) is 3.10. The van der Waals surface area contributed by atoms with E-state index in [4.69, 9.17) is 4.74 Å². The van der Waals surface area contributed by atoms with E-state index < -0.39 is 0 Å². The third-order valence-corrected chi connectivity index (χ3v) is 3.69. The minimum Gasteiger partial charge on any atom is -0.480 e. The van der Waals surface area contributed by atoms with Crippen molar-refractivity contribution in [1.82, 2.24) is 29.5 Å². The van der Waals surface area contributed by atoms with Crippen molar-refractivity contribution in [2.45, 2.75) is 13.8 Å². The summed E-state index contributed by atoms with van der Waals surface area (Å²) < 4.78 is 7.38. The van der Waals surface area contributed by atoms with Crippen LogP contribution in [0.5, 0.6) is 5.88 Å². The van der Waals surface area contributed by atoms with Crippen LogP contribution in [-0.4, -0.2) is 36.7 Å². The van der Waals surface area contributed by atoms with Crippen LogP contribution in [0.2, 0.25) is 0 Å². The van der Waals surface area contributed by atoms with Gasteiger partial charge in [0.1, 0.15) is 17.3 Å². The Morgan fingerprint density at radius 2 is 2.00 bits per heavy atom. The van der Waals surface area contributed by atoms with Gasteiger partial charge in [-0.25, -0.2) is 4.98 Å². The highest BCUT2D eigenvalue weighted by atomic mass is 16.5. The van der Waals surface area contributed by atoms with Gasteiger partial charge in [0.15, 0.2) is 5.65 Å². The number of H-pyrrole nitrogens is 1. The molecule has 0 saturated heterocycles. The zero-order chi connectivity index (χ0) is 15.3. The first-order valence-electron chi connectivity index (χ1n) is 6.89. The number of nitrogens with zero attached hydrogens (tertiary/aromatic N) is 5. The third kappa shape index (κ3) is 1.75. The molecule has 1 N–H and O–H groups in total. The van der Waals surface area contributed by atoms with Crippen LogP contribution < -0.4 is 4.74 Å². The van der Waals surface area contributed by atoms with E-state index in [1.165, 1.54) is 0 Å². The van der Waals surface area contributed by atoms with E-state index >= 15 is 0 Å². The number of methoxy groups -OCH3 is 1. The first-order chi connectivity index (χ1) is 10.7. The number of aryl methyl sites for hydroxylation is 2. The summed E-state index contributed by atoms with van der Waals surface area (Å²) in [5, 5.41) is 9.06. The van der Waals surface area contributed by atoms with E-state index in [0.717, 1.165) is 33.6 Å². The van der Waals surface area contributed by atoms with Gasteiger partial charge in [-0.2, -0.15) is 4.98 Å². The van der Waals surface area contributed by atoms with Gasteiger partial charge in [0, 0.05) is 23.5 Å². The Morgan fingerprint density at radius 3 is 2.82 bits per heavy atom. The van der Waals surface area contributed by atoms with Gasteiger partial charge in [-0.15, -0.1) is 10.2 Å². The molecule has 110 valence electrons. The van der Waals surface area contributed by atoms with Crippen LogP contribution in [0.3, 0.4) is 0 Å². The molecule has 4 heterocycles. The molecule has 4 rings (SSSR count). The molecule has 0 aliphatic carbocycles. The third-order valence-electron chi connectivity index (χ3n) is 3.69. The zero-order valence-electron chi connectivity index (χ0n) is 12.5. The van der Waals surface area contributed by atoms with E-state index in [1.807, 2.05) is 42.8 Å². The lowest BCUT2D eigenvalue weighted by molar-refractivity contribution is 0.401. The summed E-state index contributed by atoms with van der Waals surface area (Å²) in [4.78, 5) is 12.0. The van der Waals surface area contributed by atoms with Crippen molar-refractivity contribution in [2.24, 2.45) is 0 Å². The highest BCUT2D eigenvalue weighted by molar-refractivity contribution is 5.97. The predicted octanol–water partition coefficient (Wildman–Crippen LogP) is 2.29. The van der Waals surface area contributed by atoms with Crippen molar-refractivity contribution in [3.63, 3.8) is 0 Å². The van der Waals surface area contributed by atoms with Crippen molar-refractivity contribution >= 4 is 16.7 Å². The molecule has 0 aliphatic rings. The number of nitrogens with one attached hydrogen (secondary N) is 1. The first-order valence-corrected chi connectivity index (χ1v) is 6.89. The SMILES string of the molecule is COc1nc(C)nc2[nH]cc(-c3ccc4nnc(C)n4c3)c12. The van der Waals surface area contributed by atoms with Gasteiger partial charge in [0.05, 0.1) is 12.5 Å². The van der Waals surface area contributed by atoms with Gasteiger partial charge in [0.2, 0.25) is 5.88 Å². The van der Waals surface area contributed by atoms with Gasteiger partial charge < -0.3 is 9.72 Å². The fraction of sp³-hybridized carbons (Fsp3) is 0.200. The number of pyridine rings is 1. The van der Waals surface area contributed by atoms with Gasteiger partial charge in [-0.1, -0.05) is 0 Å². The van der Waals surface area contributed by atoms with E-state index in [2.05, 4.69) is 25.1 Å². The molecule has 22 heavy (non-hydrogen) atoms. The van der Waals surface area contributed by atoms with Gasteiger partial charge in [-0.3, -0.25) is 4.40 Å². The summed E-state index contributed by atoms with van der Waals surface area (Å²) in [5.41, 5.74) is 3.59. The van der Waals surface area contributed by atoms with Crippen molar-refractivity contribution in [3.8, 4) is 17.0 Å². The van der Waals surface area contributed by atoms with Crippen molar-refractivity contribution in [3.05, 3.63) is 36.2 Å². The molecule has 0 atom stereocenters. The molecule has 4 aromatic rings. The molecular weight excluding hydrogens is 280 g/mol. The molecule has 0 aliphatic heterocycles. The van der Waals surface area contributed by atoms with Crippen LogP contribution in [0.15, 0.2) is 24.5 Å². The molecule has 0 saturated carbocycles. The Kier molecular flexibility index (Phi) is 2.62. The zero-order valence-corrected chi connectivity index (χ0v) is 12.5. The number of hydrogen-bond donors (Lipinski definition) is 1. The van der Waals surface area contributed by atoms with E-state index in [-0.39, 0.29) is 0 Å². The summed E-state index contributed by atoms with van der Waals surface area (Å²) >= 11 is 0. The Balaban J connectivity index is 2.01. The standard InChI is InChI=1S/C15H14N6O/c1-8-17-14-13(15(18-8)22-3)11(6-16-14)10-4-5-12-20-19-9(2)21(12)7-10/h4-7H,1-3H3,(H,16,17,18).